The van der Waals surface area contributed by atoms with Gasteiger partial charge < -0.3 is 9.64 Å². The van der Waals surface area contributed by atoms with Crippen molar-refractivity contribution >= 4 is 11.9 Å². The Morgan fingerprint density at radius 3 is 1.89 bits per heavy atom. The van der Waals surface area contributed by atoms with Gasteiger partial charge in [-0.1, -0.05) is 0 Å². The summed E-state index contributed by atoms with van der Waals surface area (Å²) in [5.74, 6) is -1.78. The van der Waals surface area contributed by atoms with Crippen molar-refractivity contribution in [1.29, 1.82) is 0 Å². The smallest absolute Gasteiger partial charge is 0.416 e. The number of likely N-dealkylation sites (tertiary alicyclic amines) is 1. The third kappa shape index (κ3) is 5.39. The summed E-state index contributed by atoms with van der Waals surface area (Å²) in [5, 5.41) is 0. The van der Waals surface area contributed by atoms with E-state index in [-0.39, 0.29) is 25.6 Å². The number of ketones is 1. The minimum absolute atomic E-state index is 0.0293. The van der Waals surface area contributed by atoms with Crippen molar-refractivity contribution in [1.82, 2.24) is 4.90 Å². The largest absolute Gasteiger partial charge is 0.444 e. The second kappa shape index (κ2) is 7.29. The van der Waals surface area contributed by atoms with Crippen molar-refractivity contribution in [2.75, 3.05) is 13.1 Å². The molecule has 2 rings (SSSR count). The molecule has 1 aromatic carbocycles. The minimum Gasteiger partial charge on any atom is -0.444 e. The number of amides is 1. The molecule has 10 heteroatoms. The van der Waals surface area contributed by atoms with Gasteiger partial charge in [0, 0.05) is 24.6 Å². The Kier molecular flexibility index (Phi) is 5.73. The molecule has 0 aliphatic carbocycles. The third-order valence-electron chi connectivity index (χ3n) is 4.08. The Morgan fingerprint density at radius 1 is 0.964 bits per heavy atom. The Morgan fingerprint density at radius 2 is 1.46 bits per heavy atom. The number of nitrogens with zero attached hydrogens (tertiary/aromatic N) is 1. The monoisotopic (exact) mass is 411 g/mol. The Labute approximate surface area is 157 Å². The number of benzene rings is 1. The van der Waals surface area contributed by atoms with Crippen LogP contribution in [0, 0.1) is 5.92 Å². The molecule has 1 fully saturated rings. The molecular weight excluding hydrogens is 392 g/mol. The van der Waals surface area contributed by atoms with Gasteiger partial charge >= 0.3 is 18.4 Å². The van der Waals surface area contributed by atoms with Crippen LogP contribution >= 0.6 is 0 Å². The molecule has 0 aromatic heterocycles. The molecule has 0 N–H and O–H groups in total. The molecule has 1 aliphatic rings. The Balaban J connectivity index is 2.26. The van der Waals surface area contributed by atoms with Gasteiger partial charge in [0.25, 0.3) is 0 Å². The van der Waals surface area contributed by atoms with Crippen molar-refractivity contribution in [3.8, 4) is 0 Å². The van der Waals surface area contributed by atoms with Crippen LogP contribution in [0.1, 0.15) is 48.7 Å². The lowest BCUT2D eigenvalue weighted by molar-refractivity contribution is -0.143. The first-order valence-corrected chi connectivity index (χ1v) is 8.39. The second-order valence-electron chi connectivity index (χ2n) is 7.57. The maximum atomic E-state index is 13.0. The molecule has 1 aromatic rings. The number of halogens is 6. The topological polar surface area (TPSA) is 46.6 Å². The first kappa shape index (κ1) is 22.0. The summed E-state index contributed by atoms with van der Waals surface area (Å²) >= 11 is 0. The molecule has 1 heterocycles. The van der Waals surface area contributed by atoms with Gasteiger partial charge in [0.15, 0.2) is 5.78 Å². The molecule has 156 valence electrons. The van der Waals surface area contributed by atoms with Crippen molar-refractivity contribution in [2.24, 2.45) is 5.92 Å². The van der Waals surface area contributed by atoms with Crippen LogP contribution in [0.5, 0.6) is 0 Å². The summed E-state index contributed by atoms with van der Waals surface area (Å²) in [4.78, 5) is 25.8. The molecule has 0 spiro atoms. The minimum atomic E-state index is -5.03. The average molecular weight is 411 g/mol. The van der Waals surface area contributed by atoms with Crippen molar-refractivity contribution < 1.29 is 40.7 Å². The predicted molar refractivity (Wildman–Crippen MR) is 86.7 cm³/mol. The third-order valence-corrected chi connectivity index (χ3v) is 4.08. The number of Topliss-reactive ketones (excluding diaryl/α,β-unsaturated/α-hetero) is 1. The maximum Gasteiger partial charge on any atom is 0.416 e. The number of hydrogen-bond acceptors (Lipinski definition) is 3. The van der Waals surface area contributed by atoms with Gasteiger partial charge in [-0.15, -0.1) is 0 Å². The lowest BCUT2D eigenvalue weighted by atomic mass is 9.94. The molecule has 28 heavy (non-hydrogen) atoms. The van der Waals surface area contributed by atoms with Crippen LogP contribution in [0.4, 0.5) is 31.1 Å². The van der Waals surface area contributed by atoms with Crippen molar-refractivity contribution in [3.05, 3.63) is 34.9 Å². The van der Waals surface area contributed by atoms with Gasteiger partial charge in [-0.25, -0.2) is 4.79 Å². The highest BCUT2D eigenvalue weighted by molar-refractivity contribution is 5.99. The number of carbonyl (C=O) groups excluding carboxylic acids is 2. The van der Waals surface area contributed by atoms with E-state index in [1.807, 2.05) is 0 Å². The van der Waals surface area contributed by atoms with Crippen molar-refractivity contribution in [2.45, 2.75) is 45.1 Å². The van der Waals surface area contributed by atoms with Crippen LogP contribution < -0.4 is 0 Å². The van der Waals surface area contributed by atoms with Crippen LogP contribution in [-0.2, 0) is 17.1 Å². The van der Waals surface area contributed by atoms with Crippen LogP contribution in [0.2, 0.25) is 0 Å². The summed E-state index contributed by atoms with van der Waals surface area (Å²) < 4.78 is 82.9. The molecule has 1 saturated heterocycles. The van der Waals surface area contributed by atoms with Gasteiger partial charge in [0.2, 0.25) is 0 Å². The van der Waals surface area contributed by atoms with E-state index in [1.165, 1.54) is 4.90 Å². The molecule has 0 bridgehead atoms. The molecule has 1 amide bonds. The summed E-state index contributed by atoms with van der Waals surface area (Å²) in [7, 11) is 0. The zero-order chi connectivity index (χ0) is 21.5. The van der Waals surface area contributed by atoms with Crippen molar-refractivity contribution in [3.63, 3.8) is 0 Å². The number of hydrogen-bond donors (Lipinski definition) is 0. The first-order valence-electron chi connectivity index (χ1n) is 8.39. The fourth-order valence-electron chi connectivity index (χ4n) is 2.80. The molecular formula is C18H19F6NO3. The van der Waals surface area contributed by atoms with E-state index in [1.54, 1.807) is 20.8 Å². The summed E-state index contributed by atoms with van der Waals surface area (Å²) in [6.07, 6.45) is -10.6. The van der Waals surface area contributed by atoms with Crippen LogP contribution in [-0.4, -0.2) is 35.5 Å². The normalized spacial score (nSPS) is 18.3. The summed E-state index contributed by atoms with van der Waals surface area (Å²) in [6, 6.07) is 0.792. The van der Waals surface area contributed by atoms with E-state index in [4.69, 9.17) is 4.74 Å². The zero-order valence-corrected chi connectivity index (χ0v) is 15.4. The highest BCUT2D eigenvalue weighted by Gasteiger charge is 2.39. The highest BCUT2D eigenvalue weighted by atomic mass is 19.4. The molecule has 4 nitrogen and oxygen atoms in total. The molecule has 1 atom stereocenters. The van der Waals surface area contributed by atoms with E-state index >= 15 is 0 Å². The second-order valence-corrected chi connectivity index (χ2v) is 7.57. The Hall–Kier alpha value is -2.26. The summed E-state index contributed by atoms with van der Waals surface area (Å²) in [5.41, 5.74) is -4.56. The van der Waals surface area contributed by atoms with E-state index < -0.39 is 52.4 Å². The van der Waals surface area contributed by atoms with Crippen LogP contribution in [0.15, 0.2) is 18.2 Å². The van der Waals surface area contributed by atoms with Gasteiger partial charge in [0.05, 0.1) is 11.1 Å². The molecule has 1 aliphatic heterocycles. The van der Waals surface area contributed by atoms with E-state index in [2.05, 4.69) is 0 Å². The van der Waals surface area contributed by atoms with Crippen LogP contribution in [0.3, 0.4) is 0 Å². The van der Waals surface area contributed by atoms with Gasteiger partial charge in [-0.3, -0.25) is 4.79 Å². The molecule has 0 saturated carbocycles. The van der Waals surface area contributed by atoms with E-state index in [0.717, 1.165) is 0 Å². The summed E-state index contributed by atoms with van der Waals surface area (Å²) in [6.45, 7) is 4.92. The quantitative estimate of drug-likeness (QED) is 0.499. The zero-order valence-electron chi connectivity index (χ0n) is 15.4. The van der Waals surface area contributed by atoms with Crippen LogP contribution in [0.25, 0.3) is 0 Å². The van der Waals surface area contributed by atoms with Gasteiger partial charge in [0.1, 0.15) is 5.60 Å². The first-order chi connectivity index (χ1) is 12.6. The standard InChI is InChI=1S/C18H19F6NO3/c1-16(2,3)28-15(27)25-5-4-10(9-25)14(26)11-6-12(17(19,20)21)8-13(7-11)18(22,23)24/h6-8,10H,4-5,9H2,1-3H3. The fraction of sp³-hybridized carbons (Fsp3) is 0.556. The van der Waals surface area contributed by atoms with E-state index in [0.29, 0.717) is 12.1 Å². The lowest BCUT2D eigenvalue weighted by Gasteiger charge is -2.24. The predicted octanol–water partition coefficient (Wildman–Crippen LogP) is 5.16. The van der Waals surface area contributed by atoms with Gasteiger partial charge in [-0.2, -0.15) is 26.3 Å². The SMILES string of the molecule is CC(C)(C)OC(=O)N1CCC(C(=O)c2cc(C(F)(F)F)cc(C(F)(F)F)c2)C1. The van der Waals surface area contributed by atoms with E-state index in [9.17, 15) is 35.9 Å². The maximum absolute atomic E-state index is 13.0. The molecule has 1 unspecified atom stereocenters. The highest BCUT2D eigenvalue weighted by Crippen LogP contribution is 2.37. The number of carbonyl (C=O) groups is 2. The molecule has 0 radical (unpaired) electrons. The number of alkyl halides is 6. The lowest BCUT2D eigenvalue weighted by Crippen LogP contribution is -2.35. The fourth-order valence-corrected chi connectivity index (χ4v) is 2.80. The number of rotatable bonds is 2. The average Bonchev–Trinajstić information content (AvgIpc) is 3.00. The Bertz CT molecular complexity index is 732. The number of ether oxygens (including phenoxy) is 1. The van der Waals surface area contributed by atoms with Gasteiger partial charge in [-0.05, 0) is 45.4 Å².